The van der Waals surface area contributed by atoms with E-state index >= 15 is 0 Å². The van der Waals surface area contributed by atoms with E-state index in [1.165, 1.54) is 23.1 Å². The minimum absolute atomic E-state index is 0.0638. The van der Waals surface area contributed by atoms with Crippen LogP contribution in [0.1, 0.15) is 61.6 Å². The number of H-pyrrole nitrogens is 1. The summed E-state index contributed by atoms with van der Waals surface area (Å²) < 4.78 is 5.46. The standard InChI is InChI=1S/C25H37N3O2/c1-4-30-14-6-12-28-13-11-22(18(3)16-28)27-25(29)20-8-5-7-19-21-15-17(2)9-10-23(21)26-24(19)20/h5,7-8,17-18,22,26H,4,6,9-16H2,1-3H3,(H,27,29). The van der Waals surface area contributed by atoms with Crippen molar-refractivity contribution in [1.29, 1.82) is 0 Å². The lowest BCUT2D eigenvalue weighted by Gasteiger charge is -2.37. The van der Waals surface area contributed by atoms with Crippen molar-refractivity contribution in [2.75, 3.05) is 32.8 Å². The predicted octanol–water partition coefficient (Wildman–Crippen LogP) is 4.16. The molecule has 2 heterocycles. The Balaban J connectivity index is 1.40. The SMILES string of the molecule is CCOCCCN1CCC(NC(=O)c2cccc3c4c([nH]c23)CCC(C)C4)C(C)C1. The number of hydrogen-bond acceptors (Lipinski definition) is 3. The lowest BCUT2D eigenvalue weighted by molar-refractivity contribution is 0.0845. The fourth-order valence-corrected chi connectivity index (χ4v) is 5.23. The first-order valence-electron chi connectivity index (χ1n) is 11.8. The first kappa shape index (κ1) is 21.4. The zero-order valence-electron chi connectivity index (χ0n) is 18.8. The Hall–Kier alpha value is -1.85. The first-order valence-corrected chi connectivity index (χ1v) is 11.8. The van der Waals surface area contributed by atoms with Gasteiger partial charge in [0.25, 0.3) is 5.91 Å². The lowest BCUT2D eigenvalue weighted by Crippen LogP contribution is -2.50. The number of carbonyl (C=O) groups is 1. The van der Waals surface area contributed by atoms with Crippen molar-refractivity contribution in [2.45, 2.75) is 58.9 Å². The highest BCUT2D eigenvalue weighted by Gasteiger charge is 2.28. The van der Waals surface area contributed by atoms with Crippen LogP contribution in [0.25, 0.3) is 10.9 Å². The molecule has 1 fully saturated rings. The Morgan fingerprint density at radius 1 is 1.30 bits per heavy atom. The Morgan fingerprint density at radius 3 is 2.97 bits per heavy atom. The van der Waals surface area contributed by atoms with Crippen LogP contribution in [-0.4, -0.2) is 54.7 Å². The smallest absolute Gasteiger partial charge is 0.253 e. The van der Waals surface area contributed by atoms with E-state index in [0.29, 0.717) is 11.8 Å². The van der Waals surface area contributed by atoms with Crippen molar-refractivity contribution in [1.82, 2.24) is 15.2 Å². The van der Waals surface area contributed by atoms with E-state index in [0.717, 1.165) is 69.6 Å². The summed E-state index contributed by atoms with van der Waals surface area (Å²) in [5, 5.41) is 4.59. The van der Waals surface area contributed by atoms with Gasteiger partial charge in [0.1, 0.15) is 0 Å². The van der Waals surface area contributed by atoms with Crippen molar-refractivity contribution in [3.8, 4) is 0 Å². The summed E-state index contributed by atoms with van der Waals surface area (Å²) in [5.74, 6) is 1.23. The molecule has 0 bridgehead atoms. The monoisotopic (exact) mass is 411 g/mol. The molecule has 0 saturated carbocycles. The Labute approximate surface area is 180 Å². The Morgan fingerprint density at radius 2 is 2.17 bits per heavy atom. The van der Waals surface area contributed by atoms with E-state index in [4.69, 9.17) is 4.74 Å². The summed E-state index contributed by atoms with van der Waals surface area (Å²) in [4.78, 5) is 19.3. The summed E-state index contributed by atoms with van der Waals surface area (Å²) >= 11 is 0. The number of aryl methyl sites for hydroxylation is 1. The van der Waals surface area contributed by atoms with Crippen molar-refractivity contribution in [2.24, 2.45) is 11.8 Å². The van der Waals surface area contributed by atoms with Crippen LogP contribution in [0.3, 0.4) is 0 Å². The van der Waals surface area contributed by atoms with Crippen LogP contribution in [0, 0.1) is 11.8 Å². The van der Waals surface area contributed by atoms with Crippen LogP contribution in [0.4, 0.5) is 0 Å². The van der Waals surface area contributed by atoms with Gasteiger partial charge in [-0.15, -0.1) is 0 Å². The van der Waals surface area contributed by atoms with Crippen molar-refractivity contribution >= 4 is 16.8 Å². The van der Waals surface area contributed by atoms with Gasteiger partial charge in [0, 0.05) is 50.0 Å². The van der Waals surface area contributed by atoms with Gasteiger partial charge in [0.05, 0.1) is 11.1 Å². The number of nitrogens with zero attached hydrogens (tertiary/aromatic N) is 1. The molecule has 1 saturated heterocycles. The number of fused-ring (bicyclic) bond motifs is 3. The molecule has 5 heteroatoms. The molecule has 30 heavy (non-hydrogen) atoms. The number of amides is 1. The number of aromatic amines is 1. The molecular weight excluding hydrogens is 374 g/mol. The molecule has 1 amide bonds. The average molecular weight is 412 g/mol. The van der Waals surface area contributed by atoms with Gasteiger partial charge in [-0.25, -0.2) is 0 Å². The number of aromatic nitrogens is 1. The molecular formula is C25H37N3O2. The zero-order chi connectivity index (χ0) is 21.1. The van der Waals surface area contributed by atoms with Crippen LogP contribution in [-0.2, 0) is 17.6 Å². The number of hydrogen-bond donors (Lipinski definition) is 2. The molecule has 0 radical (unpaired) electrons. The summed E-state index contributed by atoms with van der Waals surface area (Å²) in [6.07, 6.45) is 5.51. The number of piperidine rings is 1. The molecule has 1 aromatic carbocycles. The van der Waals surface area contributed by atoms with Crippen molar-refractivity contribution < 1.29 is 9.53 Å². The Bertz CT molecular complexity index is 875. The third kappa shape index (κ3) is 4.57. The van der Waals surface area contributed by atoms with Crippen molar-refractivity contribution in [3.63, 3.8) is 0 Å². The highest BCUT2D eigenvalue weighted by Crippen LogP contribution is 2.33. The fourth-order valence-electron chi connectivity index (χ4n) is 5.23. The van der Waals surface area contributed by atoms with Gasteiger partial charge in [-0.2, -0.15) is 0 Å². The largest absolute Gasteiger partial charge is 0.382 e. The maximum Gasteiger partial charge on any atom is 0.253 e. The zero-order valence-corrected chi connectivity index (χ0v) is 18.8. The maximum atomic E-state index is 13.2. The van der Waals surface area contributed by atoms with Crippen LogP contribution >= 0.6 is 0 Å². The second-order valence-corrected chi connectivity index (χ2v) is 9.36. The van der Waals surface area contributed by atoms with Gasteiger partial charge in [0.2, 0.25) is 0 Å². The summed E-state index contributed by atoms with van der Waals surface area (Å²) in [6.45, 7) is 11.4. The number of para-hydroxylation sites is 1. The summed E-state index contributed by atoms with van der Waals surface area (Å²) in [6, 6.07) is 6.41. The minimum atomic E-state index is 0.0638. The normalized spacial score (nSPS) is 24.7. The van der Waals surface area contributed by atoms with E-state index in [2.05, 4.69) is 35.1 Å². The number of carbonyl (C=O) groups excluding carboxylic acids is 1. The number of rotatable bonds is 7. The molecule has 3 atom stereocenters. The van der Waals surface area contributed by atoms with Gasteiger partial charge >= 0.3 is 0 Å². The number of nitrogens with one attached hydrogen (secondary N) is 2. The van der Waals surface area contributed by atoms with Gasteiger partial charge in [0.15, 0.2) is 0 Å². The molecule has 164 valence electrons. The number of benzene rings is 1. The summed E-state index contributed by atoms with van der Waals surface area (Å²) in [5.41, 5.74) is 4.57. The van der Waals surface area contributed by atoms with Gasteiger partial charge in [-0.1, -0.05) is 26.0 Å². The lowest BCUT2D eigenvalue weighted by atomic mass is 9.87. The predicted molar refractivity (Wildman–Crippen MR) is 122 cm³/mol. The molecule has 3 unspecified atom stereocenters. The van der Waals surface area contributed by atoms with Gasteiger partial charge < -0.3 is 19.9 Å². The molecule has 4 rings (SSSR count). The van der Waals surface area contributed by atoms with E-state index < -0.39 is 0 Å². The molecule has 1 aromatic heterocycles. The third-order valence-corrected chi connectivity index (χ3v) is 6.99. The quantitative estimate of drug-likeness (QED) is 0.673. The third-order valence-electron chi connectivity index (χ3n) is 6.99. The Kier molecular flexibility index (Phi) is 6.79. The minimum Gasteiger partial charge on any atom is -0.382 e. The number of likely N-dealkylation sites (tertiary alicyclic amines) is 1. The van der Waals surface area contributed by atoms with Crippen LogP contribution in [0.5, 0.6) is 0 Å². The van der Waals surface area contributed by atoms with Crippen molar-refractivity contribution in [3.05, 3.63) is 35.0 Å². The highest BCUT2D eigenvalue weighted by atomic mass is 16.5. The molecule has 5 nitrogen and oxygen atoms in total. The fraction of sp³-hybridized carbons (Fsp3) is 0.640. The topological polar surface area (TPSA) is 57.4 Å². The molecule has 1 aliphatic carbocycles. The second kappa shape index (κ2) is 9.52. The first-order chi connectivity index (χ1) is 14.6. The molecule has 2 aromatic rings. The molecule has 2 aliphatic rings. The molecule has 1 aliphatic heterocycles. The van der Waals surface area contributed by atoms with Crippen LogP contribution in [0.2, 0.25) is 0 Å². The summed E-state index contributed by atoms with van der Waals surface area (Å²) in [7, 11) is 0. The highest BCUT2D eigenvalue weighted by molar-refractivity contribution is 6.07. The van der Waals surface area contributed by atoms with E-state index in [-0.39, 0.29) is 11.9 Å². The number of ether oxygens (including phenoxy) is 1. The average Bonchev–Trinajstić information content (AvgIpc) is 3.11. The molecule has 0 spiro atoms. The van der Waals surface area contributed by atoms with E-state index in [9.17, 15) is 4.79 Å². The van der Waals surface area contributed by atoms with Crippen LogP contribution < -0.4 is 5.32 Å². The van der Waals surface area contributed by atoms with Gasteiger partial charge in [-0.05, 0) is 62.5 Å². The van der Waals surface area contributed by atoms with E-state index in [1.807, 2.05) is 19.1 Å². The van der Waals surface area contributed by atoms with Gasteiger partial charge in [-0.3, -0.25) is 4.79 Å². The van der Waals surface area contributed by atoms with E-state index in [1.54, 1.807) is 0 Å². The maximum absolute atomic E-state index is 13.2. The second-order valence-electron chi connectivity index (χ2n) is 9.36. The molecule has 2 N–H and O–H groups in total. The van der Waals surface area contributed by atoms with Crippen LogP contribution in [0.15, 0.2) is 18.2 Å².